The van der Waals surface area contributed by atoms with Crippen LogP contribution in [0.1, 0.15) is 27.2 Å². The lowest BCUT2D eigenvalue weighted by Gasteiger charge is -2.29. The fourth-order valence-corrected chi connectivity index (χ4v) is 2.19. The summed E-state index contributed by atoms with van der Waals surface area (Å²) in [6, 6.07) is -0.585. The van der Waals surface area contributed by atoms with E-state index in [2.05, 4.69) is 0 Å². The van der Waals surface area contributed by atoms with Gasteiger partial charge in [-0.2, -0.15) is 0 Å². The first-order valence-corrected chi connectivity index (χ1v) is 7.09. The summed E-state index contributed by atoms with van der Waals surface area (Å²) in [5, 5.41) is 8.81. The molecular weight excluding hydrogens is 276 g/mol. The zero-order valence-corrected chi connectivity index (χ0v) is 13.5. The molecule has 2 amide bonds. The Morgan fingerprint density at radius 3 is 2.43 bits per heavy atom. The third kappa shape index (κ3) is 5.17. The van der Waals surface area contributed by atoms with Crippen molar-refractivity contribution in [2.24, 2.45) is 0 Å². The van der Waals surface area contributed by atoms with Crippen LogP contribution in [0.5, 0.6) is 0 Å². The van der Waals surface area contributed by atoms with Gasteiger partial charge in [-0.3, -0.25) is 9.69 Å². The van der Waals surface area contributed by atoms with E-state index in [9.17, 15) is 9.59 Å². The zero-order chi connectivity index (χ0) is 16.2. The second kappa shape index (κ2) is 7.09. The van der Waals surface area contributed by atoms with E-state index in [1.54, 1.807) is 34.9 Å². The van der Waals surface area contributed by atoms with Crippen molar-refractivity contribution in [2.45, 2.75) is 44.9 Å². The van der Waals surface area contributed by atoms with Crippen molar-refractivity contribution in [3.63, 3.8) is 0 Å². The van der Waals surface area contributed by atoms with Crippen molar-refractivity contribution < 1.29 is 24.2 Å². The number of nitrogens with zero attached hydrogens (tertiary/aromatic N) is 2. The normalized spacial score (nSPS) is 22.3. The Balaban J connectivity index is 2.80. The highest BCUT2D eigenvalue weighted by molar-refractivity contribution is 5.86. The second-order valence-corrected chi connectivity index (χ2v) is 6.33. The Labute approximate surface area is 125 Å². The highest BCUT2D eigenvalue weighted by atomic mass is 16.6. The van der Waals surface area contributed by atoms with Crippen LogP contribution in [0, 0.1) is 0 Å². The molecule has 0 saturated carbocycles. The lowest BCUT2D eigenvalue weighted by atomic mass is 10.2. The lowest BCUT2D eigenvalue weighted by Crippen LogP contribution is -2.47. The molecule has 7 nitrogen and oxygen atoms in total. The van der Waals surface area contributed by atoms with Gasteiger partial charge in [-0.05, 0) is 20.8 Å². The number of likely N-dealkylation sites (tertiary alicyclic amines) is 1. The number of likely N-dealkylation sites (N-methyl/N-ethyl adjacent to an activating group) is 1. The maximum Gasteiger partial charge on any atom is 0.411 e. The van der Waals surface area contributed by atoms with Crippen molar-refractivity contribution in [3.8, 4) is 0 Å². The minimum atomic E-state index is -0.618. The highest BCUT2D eigenvalue weighted by Gasteiger charge is 2.42. The molecule has 0 aliphatic carbocycles. The first kappa shape index (κ1) is 17.7. The van der Waals surface area contributed by atoms with Crippen LogP contribution in [-0.4, -0.2) is 78.5 Å². The van der Waals surface area contributed by atoms with Crippen LogP contribution in [0.25, 0.3) is 0 Å². The van der Waals surface area contributed by atoms with Gasteiger partial charge >= 0.3 is 6.09 Å². The van der Waals surface area contributed by atoms with Crippen molar-refractivity contribution in [1.29, 1.82) is 0 Å². The molecule has 1 rings (SSSR count). The maximum atomic E-state index is 12.2. The van der Waals surface area contributed by atoms with Gasteiger partial charge in [0.1, 0.15) is 11.6 Å². The summed E-state index contributed by atoms with van der Waals surface area (Å²) in [5.41, 5.74) is -0.618. The Bertz CT molecular complexity index is 378. The molecule has 1 heterocycles. The summed E-state index contributed by atoms with van der Waals surface area (Å²) in [6.45, 7) is 5.74. The SMILES string of the molecule is CN(C)C(=O)[C@@H]1C[C@@H](OCCO)CN1C(=O)OC(C)(C)C. The summed E-state index contributed by atoms with van der Waals surface area (Å²) < 4.78 is 10.8. The Hall–Kier alpha value is -1.34. The third-order valence-corrected chi connectivity index (χ3v) is 3.06. The molecule has 0 aromatic carbocycles. The van der Waals surface area contributed by atoms with Gasteiger partial charge in [0.25, 0.3) is 0 Å². The van der Waals surface area contributed by atoms with E-state index in [4.69, 9.17) is 14.6 Å². The van der Waals surface area contributed by atoms with E-state index in [0.717, 1.165) is 0 Å². The number of amides is 2. The molecule has 0 bridgehead atoms. The van der Waals surface area contributed by atoms with Gasteiger partial charge in [0.05, 0.1) is 25.9 Å². The number of aliphatic hydroxyl groups is 1. The van der Waals surface area contributed by atoms with E-state index >= 15 is 0 Å². The summed E-state index contributed by atoms with van der Waals surface area (Å²) in [4.78, 5) is 27.3. The number of ether oxygens (including phenoxy) is 2. The van der Waals surface area contributed by atoms with Gasteiger partial charge in [0.15, 0.2) is 0 Å². The van der Waals surface area contributed by atoms with Crippen LogP contribution in [0.4, 0.5) is 4.79 Å². The summed E-state index contributed by atoms with van der Waals surface area (Å²) >= 11 is 0. The van der Waals surface area contributed by atoms with Crippen LogP contribution in [0.2, 0.25) is 0 Å². The number of hydrogen-bond acceptors (Lipinski definition) is 5. The van der Waals surface area contributed by atoms with E-state index in [1.807, 2.05) is 0 Å². The number of hydrogen-bond donors (Lipinski definition) is 1. The molecule has 1 saturated heterocycles. The van der Waals surface area contributed by atoms with E-state index in [-0.39, 0.29) is 25.2 Å². The molecule has 0 aromatic rings. The Morgan fingerprint density at radius 2 is 1.95 bits per heavy atom. The number of carbonyl (C=O) groups is 2. The smallest absolute Gasteiger partial charge is 0.411 e. The van der Waals surface area contributed by atoms with Gasteiger partial charge in [0, 0.05) is 20.5 Å². The molecule has 122 valence electrons. The minimum Gasteiger partial charge on any atom is -0.444 e. The predicted molar refractivity (Wildman–Crippen MR) is 76.9 cm³/mol. The molecule has 2 atom stereocenters. The van der Waals surface area contributed by atoms with Crippen LogP contribution in [-0.2, 0) is 14.3 Å². The monoisotopic (exact) mass is 302 g/mol. The standard InChI is InChI=1S/C14H26N2O5/c1-14(2,3)21-13(19)16-9-10(20-7-6-17)8-11(16)12(18)15(4)5/h10-11,17H,6-9H2,1-5H3/t10-,11+/m1/s1. The highest BCUT2D eigenvalue weighted by Crippen LogP contribution is 2.24. The molecule has 21 heavy (non-hydrogen) atoms. The van der Waals surface area contributed by atoms with E-state index in [1.165, 1.54) is 9.80 Å². The average molecular weight is 302 g/mol. The van der Waals surface area contributed by atoms with Crippen LogP contribution < -0.4 is 0 Å². The molecule has 0 radical (unpaired) electrons. The van der Waals surface area contributed by atoms with Crippen LogP contribution in [0.3, 0.4) is 0 Å². The predicted octanol–water partition coefficient (Wildman–Crippen LogP) is 0.461. The van der Waals surface area contributed by atoms with Gasteiger partial charge in [0.2, 0.25) is 5.91 Å². The molecule has 1 N–H and O–H groups in total. The van der Waals surface area contributed by atoms with Gasteiger partial charge < -0.3 is 19.5 Å². The minimum absolute atomic E-state index is 0.0881. The van der Waals surface area contributed by atoms with Crippen LogP contribution >= 0.6 is 0 Å². The first-order valence-electron chi connectivity index (χ1n) is 7.09. The average Bonchev–Trinajstić information content (AvgIpc) is 2.77. The lowest BCUT2D eigenvalue weighted by molar-refractivity contribution is -0.133. The fraction of sp³-hybridized carbons (Fsp3) is 0.857. The molecule has 0 unspecified atom stereocenters. The van der Waals surface area contributed by atoms with Crippen LogP contribution in [0.15, 0.2) is 0 Å². The van der Waals surface area contributed by atoms with Crippen molar-refractivity contribution in [1.82, 2.24) is 9.80 Å². The van der Waals surface area contributed by atoms with Crippen molar-refractivity contribution >= 4 is 12.0 Å². The maximum absolute atomic E-state index is 12.2. The number of carbonyl (C=O) groups excluding carboxylic acids is 2. The number of rotatable bonds is 4. The topological polar surface area (TPSA) is 79.3 Å². The van der Waals surface area contributed by atoms with Crippen molar-refractivity contribution in [3.05, 3.63) is 0 Å². The number of aliphatic hydroxyl groups excluding tert-OH is 1. The van der Waals surface area contributed by atoms with Crippen molar-refractivity contribution in [2.75, 3.05) is 33.9 Å². The summed E-state index contributed by atoms with van der Waals surface area (Å²) in [7, 11) is 3.30. The van der Waals surface area contributed by atoms with E-state index < -0.39 is 17.7 Å². The molecule has 1 fully saturated rings. The first-order chi connectivity index (χ1) is 9.65. The van der Waals surface area contributed by atoms with Gasteiger partial charge in [-0.15, -0.1) is 0 Å². The summed E-state index contributed by atoms with van der Waals surface area (Å²) in [5.74, 6) is -0.157. The zero-order valence-electron chi connectivity index (χ0n) is 13.5. The van der Waals surface area contributed by atoms with Gasteiger partial charge in [-0.25, -0.2) is 4.79 Å². The molecule has 0 spiro atoms. The third-order valence-electron chi connectivity index (χ3n) is 3.06. The Morgan fingerprint density at radius 1 is 1.33 bits per heavy atom. The molecular formula is C14H26N2O5. The second-order valence-electron chi connectivity index (χ2n) is 6.33. The Kier molecular flexibility index (Phi) is 5.98. The molecule has 1 aliphatic heterocycles. The van der Waals surface area contributed by atoms with E-state index in [0.29, 0.717) is 13.0 Å². The summed E-state index contributed by atoms with van der Waals surface area (Å²) in [6.07, 6.45) is -0.368. The van der Waals surface area contributed by atoms with Gasteiger partial charge in [-0.1, -0.05) is 0 Å². The molecule has 1 aliphatic rings. The molecule has 0 aromatic heterocycles. The largest absolute Gasteiger partial charge is 0.444 e. The fourth-order valence-electron chi connectivity index (χ4n) is 2.19. The molecule has 7 heteroatoms. The quantitative estimate of drug-likeness (QED) is 0.816.